The van der Waals surface area contributed by atoms with Gasteiger partial charge in [0.15, 0.2) is 0 Å². The third-order valence-corrected chi connectivity index (χ3v) is 6.59. The Labute approximate surface area is 173 Å². The number of quaternary nitrogens is 1. The minimum absolute atomic E-state index is 0.781. The summed E-state index contributed by atoms with van der Waals surface area (Å²) >= 11 is 0. The highest BCUT2D eigenvalue weighted by Gasteiger charge is 2.38. The fourth-order valence-corrected chi connectivity index (χ4v) is 4.37. The summed E-state index contributed by atoms with van der Waals surface area (Å²) < 4.78 is 5.17. The zero-order valence-electron chi connectivity index (χ0n) is 18.0. The zero-order valence-corrected chi connectivity index (χ0v) is 18.0. The van der Waals surface area contributed by atoms with Crippen LogP contribution in [0.2, 0.25) is 0 Å². The number of hydrogen-bond donors (Lipinski definition) is 0. The van der Waals surface area contributed by atoms with E-state index in [0.717, 1.165) is 31.3 Å². The standard InChI is InChI=1S/C21H34N8/c1-4-27-18-22-28(5-2)21(27)24-23-19-6-8-20(9-7-19)25(3)10-14-29-15-11-26(12-16-29)13-17-29/h6-9,18H,4-5,10-17H2,1-3H3/q+2. The molecule has 1 aromatic carbocycles. The van der Waals surface area contributed by atoms with Crippen LogP contribution in [0, 0.1) is 0 Å². The molecule has 3 fully saturated rings. The third kappa shape index (κ3) is 4.33. The lowest BCUT2D eigenvalue weighted by molar-refractivity contribution is -0.939. The van der Waals surface area contributed by atoms with Gasteiger partial charge in [0.25, 0.3) is 0 Å². The van der Waals surface area contributed by atoms with Gasteiger partial charge in [-0.05, 0) is 43.2 Å². The van der Waals surface area contributed by atoms with Crippen molar-refractivity contribution in [2.75, 3.05) is 64.3 Å². The van der Waals surface area contributed by atoms with E-state index in [1.165, 1.54) is 56.0 Å². The van der Waals surface area contributed by atoms with Crippen molar-refractivity contribution >= 4 is 17.3 Å². The monoisotopic (exact) mass is 398 g/mol. The lowest BCUT2D eigenvalue weighted by Crippen LogP contribution is -2.68. The van der Waals surface area contributed by atoms with E-state index in [-0.39, 0.29) is 0 Å². The van der Waals surface area contributed by atoms with Crippen molar-refractivity contribution in [1.29, 1.82) is 0 Å². The van der Waals surface area contributed by atoms with Crippen LogP contribution >= 0.6 is 0 Å². The van der Waals surface area contributed by atoms with Gasteiger partial charge in [-0.15, -0.1) is 4.68 Å². The van der Waals surface area contributed by atoms with Crippen LogP contribution in [-0.2, 0) is 13.1 Å². The smallest absolute Gasteiger partial charge is 0.369 e. The van der Waals surface area contributed by atoms with Gasteiger partial charge in [-0.1, -0.05) is 5.11 Å². The molecule has 29 heavy (non-hydrogen) atoms. The summed E-state index contributed by atoms with van der Waals surface area (Å²) in [7, 11) is 2.19. The van der Waals surface area contributed by atoms with E-state index in [0.29, 0.717) is 0 Å². The molecule has 8 nitrogen and oxygen atoms in total. The van der Waals surface area contributed by atoms with Crippen LogP contribution in [-0.4, -0.2) is 78.6 Å². The molecule has 0 unspecified atom stereocenters. The summed E-state index contributed by atoms with van der Waals surface area (Å²) in [4.78, 5) is 4.97. The molecule has 3 saturated heterocycles. The molecule has 0 N–H and O–H groups in total. The molecule has 2 aromatic rings. The van der Waals surface area contributed by atoms with Crippen LogP contribution < -0.4 is 9.47 Å². The van der Waals surface area contributed by atoms with E-state index < -0.39 is 0 Å². The van der Waals surface area contributed by atoms with Gasteiger partial charge >= 0.3 is 5.95 Å². The molecule has 8 heteroatoms. The topological polar surface area (TPSA) is 52.9 Å². The van der Waals surface area contributed by atoms with Crippen molar-refractivity contribution in [3.63, 3.8) is 0 Å². The average Bonchev–Trinajstić information content (AvgIpc) is 3.19. The second-order valence-corrected chi connectivity index (χ2v) is 8.25. The molecule has 1 aromatic heterocycles. The summed E-state index contributed by atoms with van der Waals surface area (Å²) in [6.07, 6.45) is 1.81. The Morgan fingerprint density at radius 2 is 1.76 bits per heavy atom. The van der Waals surface area contributed by atoms with Crippen LogP contribution in [0.5, 0.6) is 0 Å². The first kappa shape index (κ1) is 20.0. The van der Waals surface area contributed by atoms with Gasteiger partial charge in [0, 0.05) is 37.5 Å². The Balaban J connectivity index is 1.37. The lowest BCUT2D eigenvalue weighted by Gasteiger charge is -2.51. The van der Waals surface area contributed by atoms with Gasteiger partial charge in [0.05, 0.1) is 51.5 Å². The summed E-state index contributed by atoms with van der Waals surface area (Å²) in [6.45, 7) is 15.9. The zero-order chi connectivity index (χ0) is 20.3. The van der Waals surface area contributed by atoms with Gasteiger partial charge in [-0.25, -0.2) is 4.57 Å². The number of piperazine rings is 3. The van der Waals surface area contributed by atoms with Crippen molar-refractivity contribution in [3.05, 3.63) is 30.6 Å². The molecule has 0 atom stereocenters. The van der Waals surface area contributed by atoms with Crippen LogP contribution in [0.15, 0.2) is 40.8 Å². The summed E-state index contributed by atoms with van der Waals surface area (Å²) in [6, 6.07) is 8.38. The van der Waals surface area contributed by atoms with Gasteiger partial charge in [0.2, 0.25) is 6.33 Å². The molecule has 0 saturated carbocycles. The van der Waals surface area contributed by atoms with Crippen LogP contribution in [0.3, 0.4) is 0 Å². The first-order chi connectivity index (χ1) is 14.1. The fourth-order valence-electron chi connectivity index (χ4n) is 4.37. The normalized spacial score (nSPS) is 23.8. The van der Waals surface area contributed by atoms with E-state index >= 15 is 0 Å². The molecule has 3 aliphatic heterocycles. The average molecular weight is 399 g/mol. The second kappa shape index (κ2) is 8.59. The Hall–Kier alpha value is -2.32. The van der Waals surface area contributed by atoms with Gasteiger partial charge < -0.3 is 9.38 Å². The number of hydrogen-bond acceptors (Lipinski definition) is 5. The number of nitrogens with zero attached hydrogens (tertiary/aromatic N) is 8. The summed E-state index contributed by atoms with van der Waals surface area (Å²) in [5.41, 5.74) is 2.10. The number of benzene rings is 1. The number of anilines is 1. The molecule has 0 amide bonds. The largest absolute Gasteiger partial charge is 0.403 e. The minimum atomic E-state index is 0.781. The lowest BCUT2D eigenvalue weighted by atomic mass is 10.1. The number of aryl methyl sites for hydroxylation is 2. The first-order valence-electron chi connectivity index (χ1n) is 10.9. The molecular formula is C21H34N8+2. The van der Waals surface area contributed by atoms with Crippen LogP contribution in [0.1, 0.15) is 13.8 Å². The number of fused-ring (bicyclic) bond motifs is 3. The number of aromatic nitrogens is 3. The van der Waals surface area contributed by atoms with E-state index in [9.17, 15) is 0 Å². The minimum Gasteiger partial charge on any atom is -0.369 e. The second-order valence-electron chi connectivity index (χ2n) is 8.25. The number of azo groups is 1. The van der Waals surface area contributed by atoms with E-state index in [1.54, 1.807) is 0 Å². The maximum atomic E-state index is 4.44. The highest BCUT2D eigenvalue weighted by Crippen LogP contribution is 2.23. The van der Waals surface area contributed by atoms with Crippen molar-refractivity contribution in [3.8, 4) is 0 Å². The van der Waals surface area contributed by atoms with E-state index in [2.05, 4.69) is 58.2 Å². The number of rotatable bonds is 8. The number of likely N-dealkylation sites (N-methyl/N-ethyl adjacent to an activating group) is 1. The molecular weight excluding hydrogens is 364 g/mol. The Kier molecular flexibility index (Phi) is 5.91. The highest BCUT2D eigenvalue weighted by molar-refractivity contribution is 5.52. The van der Waals surface area contributed by atoms with Gasteiger partial charge in [-0.3, -0.25) is 4.90 Å². The summed E-state index contributed by atoms with van der Waals surface area (Å²) in [5.74, 6) is 0.784. The first-order valence-corrected chi connectivity index (χ1v) is 10.9. The predicted octanol–water partition coefficient (Wildman–Crippen LogP) is 2.21. The molecule has 0 aliphatic carbocycles. The van der Waals surface area contributed by atoms with Gasteiger partial charge in [0.1, 0.15) is 0 Å². The van der Waals surface area contributed by atoms with Crippen molar-refractivity contribution < 1.29 is 9.05 Å². The van der Waals surface area contributed by atoms with Gasteiger partial charge in [-0.2, -0.15) is 0 Å². The highest BCUT2D eigenvalue weighted by atomic mass is 15.5. The molecule has 0 radical (unpaired) electrons. The Bertz CT molecular complexity index is 798. The van der Waals surface area contributed by atoms with E-state index in [1.807, 2.05) is 27.7 Å². The molecule has 4 heterocycles. The quantitative estimate of drug-likeness (QED) is 0.389. The maximum Gasteiger partial charge on any atom is 0.403 e. The van der Waals surface area contributed by atoms with Crippen LogP contribution in [0.4, 0.5) is 17.3 Å². The van der Waals surface area contributed by atoms with Crippen molar-refractivity contribution in [2.45, 2.75) is 26.9 Å². The Morgan fingerprint density at radius 3 is 2.38 bits per heavy atom. The van der Waals surface area contributed by atoms with Crippen LogP contribution in [0.25, 0.3) is 0 Å². The predicted molar refractivity (Wildman–Crippen MR) is 114 cm³/mol. The van der Waals surface area contributed by atoms with Crippen molar-refractivity contribution in [1.82, 2.24) is 14.7 Å². The van der Waals surface area contributed by atoms with E-state index in [4.69, 9.17) is 0 Å². The third-order valence-electron chi connectivity index (χ3n) is 6.59. The van der Waals surface area contributed by atoms with Crippen molar-refractivity contribution in [2.24, 2.45) is 10.2 Å². The fraction of sp³-hybridized carbons (Fsp3) is 0.619. The molecule has 156 valence electrons. The molecule has 5 rings (SSSR count). The maximum absolute atomic E-state index is 4.44. The molecule has 2 bridgehead atoms. The summed E-state index contributed by atoms with van der Waals surface area (Å²) in [5, 5.41) is 13.2. The Morgan fingerprint density at radius 1 is 1.07 bits per heavy atom. The SMILES string of the molecule is CCn1nc[n+](CC)c1N=Nc1ccc(N(C)CC[N+]23CCN(CC2)CC3)cc1. The molecule has 0 spiro atoms. The molecule has 3 aliphatic rings.